The van der Waals surface area contributed by atoms with Crippen LogP contribution in [0.25, 0.3) is 10.9 Å². The number of piperazine rings is 1. The quantitative estimate of drug-likeness (QED) is 0.735. The third-order valence-electron chi connectivity index (χ3n) is 5.00. The molecule has 140 valence electrons. The maximum Gasteiger partial charge on any atom is 0.251 e. The monoisotopic (exact) mass is 357 g/mol. The van der Waals surface area contributed by atoms with E-state index in [-0.39, 0.29) is 18.0 Å². The van der Waals surface area contributed by atoms with Crippen molar-refractivity contribution >= 4 is 16.8 Å². The lowest BCUT2D eigenvalue weighted by molar-refractivity contribution is -0.133. The summed E-state index contributed by atoms with van der Waals surface area (Å²) in [6, 6.07) is 9.36. The zero-order chi connectivity index (χ0) is 18.5. The lowest BCUT2D eigenvalue weighted by Crippen LogP contribution is -2.50. The normalized spacial score (nSPS) is 15.5. The Morgan fingerprint density at radius 2 is 1.88 bits per heavy atom. The first kappa shape index (κ1) is 18.6. The molecule has 6 nitrogen and oxygen atoms in total. The number of nitrogens with zero attached hydrogens (tertiary/aromatic N) is 3. The number of hydrogen-bond acceptors (Lipinski definition) is 4. The summed E-state index contributed by atoms with van der Waals surface area (Å²) in [5, 5.41) is 1.01. The highest BCUT2D eigenvalue weighted by Crippen LogP contribution is 2.16. The van der Waals surface area contributed by atoms with E-state index in [4.69, 9.17) is 4.74 Å². The number of benzene rings is 1. The number of ether oxygens (including phenoxy) is 1. The highest BCUT2D eigenvalue weighted by Gasteiger charge is 2.21. The third kappa shape index (κ3) is 4.14. The molecule has 1 saturated heterocycles. The number of rotatable bonds is 6. The van der Waals surface area contributed by atoms with E-state index in [9.17, 15) is 9.59 Å². The minimum atomic E-state index is -0.120. The largest absolute Gasteiger partial charge is 0.380 e. The smallest absolute Gasteiger partial charge is 0.251 e. The fourth-order valence-corrected chi connectivity index (χ4v) is 3.46. The minimum Gasteiger partial charge on any atom is -0.380 e. The molecule has 0 aliphatic carbocycles. The van der Waals surface area contributed by atoms with E-state index < -0.39 is 0 Å². The van der Waals surface area contributed by atoms with Gasteiger partial charge in [0.2, 0.25) is 5.91 Å². The molecule has 26 heavy (non-hydrogen) atoms. The molecule has 0 N–H and O–H groups in total. The van der Waals surface area contributed by atoms with Crippen LogP contribution in [0.1, 0.15) is 12.5 Å². The van der Waals surface area contributed by atoms with Crippen molar-refractivity contribution in [2.45, 2.75) is 20.4 Å². The number of pyridine rings is 1. The van der Waals surface area contributed by atoms with Gasteiger partial charge in [-0.1, -0.05) is 18.2 Å². The van der Waals surface area contributed by atoms with Gasteiger partial charge in [-0.05, 0) is 25.5 Å². The molecule has 0 bridgehead atoms. The second-order valence-corrected chi connectivity index (χ2v) is 6.69. The zero-order valence-corrected chi connectivity index (χ0v) is 15.6. The molecule has 6 heteroatoms. The molecule has 2 heterocycles. The average Bonchev–Trinajstić information content (AvgIpc) is 2.66. The van der Waals surface area contributed by atoms with Crippen molar-refractivity contribution in [3.8, 4) is 0 Å². The second kappa shape index (κ2) is 8.47. The number of carbonyl (C=O) groups excluding carboxylic acids is 1. The summed E-state index contributed by atoms with van der Waals surface area (Å²) in [6.45, 7) is 9.48. The molecule has 0 unspecified atom stereocenters. The highest BCUT2D eigenvalue weighted by atomic mass is 16.5. The summed E-state index contributed by atoms with van der Waals surface area (Å²) in [4.78, 5) is 29.4. The number of aryl methyl sites for hydroxylation is 1. The Morgan fingerprint density at radius 3 is 2.62 bits per heavy atom. The van der Waals surface area contributed by atoms with Gasteiger partial charge in [0.1, 0.15) is 6.54 Å². The Hall–Kier alpha value is -2.18. The summed E-state index contributed by atoms with van der Waals surface area (Å²) < 4.78 is 6.98. The van der Waals surface area contributed by atoms with E-state index in [0.29, 0.717) is 13.1 Å². The first-order valence-corrected chi connectivity index (χ1v) is 9.27. The van der Waals surface area contributed by atoms with Gasteiger partial charge in [-0.2, -0.15) is 0 Å². The van der Waals surface area contributed by atoms with Crippen LogP contribution in [0.2, 0.25) is 0 Å². The van der Waals surface area contributed by atoms with Crippen LogP contribution < -0.4 is 5.56 Å². The van der Waals surface area contributed by atoms with Gasteiger partial charge in [-0.25, -0.2) is 0 Å². The molecule has 0 radical (unpaired) electrons. The molecule has 1 aromatic heterocycles. The lowest BCUT2D eigenvalue weighted by atomic mass is 10.1. The van der Waals surface area contributed by atoms with Crippen molar-refractivity contribution in [1.82, 2.24) is 14.4 Å². The molecular formula is C20H27N3O3. The molecule has 1 amide bonds. The van der Waals surface area contributed by atoms with Crippen molar-refractivity contribution < 1.29 is 9.53 Å². The summed E-state index contributed by atoms with van der Waals surface area (Å²) in [7, 11) is 0. The van der Waals surface area contributed by atoms with E-state index in [0.717, 1.165) is 49.3 Å². The first-order valence-electron chi connectivity index (χ1n) is 9.27. The number of carbonyl (C=O) groups is 1. The number of fused-ring (bicyclic) bond motifs is 1. The SMILES string of the molecule is CCOCCN1CCN(C(=O)Cn2c(=O)cc(C)c3ccccc32)CC1. The van der Waals surface area contributed by atoms with Crippen molar-refractivity contribution in [2.75, 3.05) is 45.9 Å². The Balaban J connectivity index is 1.66. The van der Waals surface area contributed by atoms with Crippen LogP contribution in [-0.2, 0) is 16.1 Å². The fourth-order valence-electron chi connectivity index (χ4n) is 3.46. The van der Waals surface area contributed by atoms with E-state index in [1.54, 1.807) is 10.6 Å². The molecule has 3 rings (SSSR count). The van der Waals surface area contributed by atoms with Gasteiger partial charge in [0.05, 0.1) is 12.1 Å². The number of aromatic nitrogens is 1. The molecule has 1 fully saturated rings. The van der Waals surface area contributed by atoms with Gasteiger partial charge in [-0.3, -0.25) is 19.1 Å². The Kier molecular flexibility index (Phi) is 6.06. The molecule has 1 aliphatic heterocycles. The van der Waals surface area contributed by atoms with Crippen molar-refractivity contribution in [2.24, 2.45) is 0 Å². The molecule has 0 saturated carbocycles. The van der Waals surface area contributed by atoms with Crippen LogP contribution in [0.4, 0.5) is 0 Å². The minimum absolute atomic E-state index is 0.00515. The van der Waals surface area contributed by atoms with Crippen LogP contribution in [-0.4, -0.2) is 66.2 Å². The van der Waals surface area contributed by atoms with Crippen molar-refractivity contribution in [3.05, 3.63) is 46.2 Å². The van der Waals surface area contributed by atoms with Crippen molar-refractivity contribution in [3.63, 3.8) is 0 Å². The molecule has 0 spiro atoms. The van der Waals surface area contributed by atoms with Crippen LogP contribution in [0.5, 0.6) is 0 Å². The van der Waals surface area contributed by atoms with Crippen LogP contribution in [0.3, 0.4) is 0 Å². The third-order valence-corrected chi connectivity index (χ3v) is 5.00. The number of hydrogen-bond donors (Lipinski definition) is 0. The Morgan fingerprint density at radius 1 is 1.15 bits per heavy atom. The summed E-state index contributed by atoms with van der Waals surface area (Å²) >= 11 is 0. The summed E-state index contributed by atoms with van der Waals surface area (Å²) in [5.41, 5.74) is 1.64. The van der Waals surface area contributed by atoms with Gasteiger partial charge in [0.25, 0.3) is 5.56 Å². The van der Waals surface area contributed by atoms with Crippen LogP contribution in [0.15, 0.2) is 35.1 Å². The van der Waals surface area contributed by atoms with E-state index >= 15 is 0 Å². The molecular weight excluding hydrogens is 330 g/mol. The van der Waals surface area contributed by atoms with Crippen LogP contribution in [0, 0.1) is 6.92 Å². The first-order chi connectivity index (χ1) is 12.6. The Bertz CT molecular complexity index is 823. The molecule has 2 aromatic rings. The lowest BCUT2D eigenvalue weighted by Gasteiger charge is -2.34. The maximum absolute atomic E-state index is 12.7. The molecule has 1 aromatic carbocycles. The molecule has 0 atom stereocenters. The standard InChI is InChI=1S/C20H27N3O3/c1-3-26-13-12-21-8-10-22(11-9-21)20(25)15-23-18-7-5-4-6-17(18)16(2)14-19(23)24/h4-7,14H,3,8-13,15H2,1-2H3. The fraction of sp³-hybridized carbons (Fsp3) is 0.500. The Labute approximate surface area is 154 Å². The van der Waals surface area contributed by atoms with Gasteiger partial charge in [-0.15, -0.1) is 0 Å². The zero-order valence-electron chi connectivity index (χ0n) is 15.6. The maximum atomic E-state index is 12.7. The predicted molar refractivity (Wildman–Crippen MR) is 102 cm³/mol. The molecule has 1 aliphatic rings. The number of amides is 1. The van der Waals surface area contributed by atoms with Crippen LogP contribution >= 0.6 is 0 Å². The second-order valence-electron chi connectivity index (χ2n) is 6.69. The van der Waals surface area contributed by atoms with E-state index in [1.807, 2.05) is 43.0 Å². The summed E-state index contributed by atoms with van der Waals surface area (Å²) in [6.07, 6.45) is 0. The van der Waals surface area contributed by atoms with Gasteiger partial charge in [0, 0.05) is 50.8 Å². The van der Waals surface area contributed by atoms with Gasteiger partial charge >= 0.3 is 0 Å². The van der Waals surface area contributed by atoms with E-state index in [1.165, 1.54) is 0 Å². The summed E-state index contributed by atoms with van der Waals surface area (Å²) in [5.74, 6) is 0.00515. The number of para-hydroxylation sites is 1. The topological polar surface area (TPSA) is 54.8 Å². The van der Waals surface area contributed by atoms with Crippen molar-refractivity contribution in [1.29, 1.82) is 0 Å². The average molecular weight is 357 g/mol. The van der Waals surface area contributed by atoms with Gasteiger partial charge < -0.3 is 9.64 Å². The van der Waals surface area contributed by atoms with Gasteiger partial charge in [0.15, 0.2) is 0 Å². The highest BCUT2D eigenvalue weighted by molar-refractivity contribution is 5.84. The predicted octanol–water partition coefficient (Wildman–Crippen LogP) is 1.49. The van der Waals surface area contributed by atoms with E-state index in [2.05, 4.69) is 4.90 Å².